The fourth-order valence-electron chi connectivity index (χ4n) is 2.86. The Bertz CT molecular complexity index is 836. The normalized spacial score (nSPS) is 15.3. The molecule has 0 atom stereocenters. The van der Waals surface area contributed by atoms with E-state index in [4.69, 9.17) is 11.6 Å². The monoisotopic (exact) mass is 368 g/mol. The summed E-state index contributed by atoms with van der Waals surface area (Å²) in [6, 6.07) is 10.3. The maximum Gasteiger partial charge on any atom is 0.263 e. The first-order valence-corrected chi connectivity index (χ1v) is 9.65. The van der Waals surface area contributed by atoms with E-state index in [2.05, 4.69) is 9.62 Å². The van der Waals surface area contributed by atoms with Gasteiger partial charge in [0.05, 0.1) is 16.4 Å². The lowest BCUT2D eigenvalue weighted by atomic mass is 10.1. The number of sulfonamides is 1. The van der Waals surface area contributed by atoms with Crippen LogP contribution < -0.4 is 9.62 Å². The van der Waals surface area contributed by atoms with E-state index in [9.17, 15) is 12.8 Å². The summed E-state index contributed by atoms with van der Waals surface area (Å²) in [6.45, 7) is 1.65. The van der Waals surface area contributed by atoms with Crippen molar-refractivity contribution in [1.82, 2.24) is 0 Å². The topological polar surface area (TPSA) is 49.4 Å². The number of nitrogens with one attached hydrogen (secondary N) is 1. The zero-order valence-corrected chi connectivity index (χ0v) is 14.6. The summed E-state index contributed by atoms with van der Waals surface area (Å²) in [5.74, 6) is -0.493. The van der Waals surface area contributed by atoms with E-state index >= 15 is 0 Å². The number of hydrogen-bond donors (Lipinski definition) is 1. The fraction of sp³-hybridized carbons (Fsp3) is 0.294. The second-order valence-electron chi connectivity index (χ2n) is 5.75. The Morgan fingerprint density at radius 3 is 2.46 bits per heavy atom. The molecule has 128 valence electrons. The molecule has 3 rings (SSSR count). The van der Waals surface area contributed by atoms with Crippen molar-refractivity contribution in [2.45, 2.75) is 24.2 Å². The van der Waals surface area contributed by atoms with Crippen LogP contribution in [0.15, 0.2) is 47.4 Å². The highest BCUT2D eigenvalue weighted by molar-refractivity contribution is 7.92. The molecule has 0 amide bonds. The van der Waals surface area contributed by atoms with Gasteiger partial charge < -0.3 is 4.90 Å². The smallest absolute Gasteiger partial charge is 0.263 e. The van der Waals surface area contributed by atoms with E-state index in [1.165, 1.54) is 24.3 Å². The molecule has 0 unspecified atom stereocenters. The molecule has 1 heterocycles. The minimum Gasteiger partial charge on any atom is -0.370 e. The number of nitrogens with zero attached hydrogens (tertiary/aromatic N) is 1. The molecule has 0 spiro atoms. The molecule has 0 saturated carbocycles. The van der Waals surface area contributed by atoms with Gasteiger partial charge >= 0.3 is 0 Å². The van der Waals surface area contributed by atoms with E-state index in [0.29, 0.717) is 5.69 Å². The summed E-state index contributed by atoms with van der Waals surface area (Å²) in [7, 11) is -3.90. The minimum atomic E-state index is -3.90. The molecule has 0 radical (unpaired) electrons. The van der Waals surface area contributed by atoms with E-state index in [-0.39, 0.29) is 15.6 Å². The molecule has 1 saturated heterocycles. The third-order valence-corrected chi connectivity index (χ3v) is 5.89. The number of benzene rings is 2. The molecule has 24 heavy (non-hydrogen) atoms. The number of piperidine rings is 1. The summed E-state index contributed by atoms with van der Waals surface area (Å²) < 4.78 is 41.4. The van der Waals surface area contributed by atoms with Crippen LogP contribution in [0.25, 0.3) is 0 Å². The summed E-state index contributed by atoms with van der Waals surface area (Å²) in [5.41, 5.74) is 0.920. The minimum absolute atomic E-state index is 0.0273. The highest BCUT2D eigenvalue weighted by atomic mass is 35.5. The molecule has 0 aromatic heterocycles. The summed E-state index contributed by atoms with van der Waals surface area (Å²) >= 11 is 5.99. The van der Waals surface area contributed by atoms with Crippen molar-refractivity contribution in [2.75, 3.05) is 22.7 Å². The van der Waals surface area contributed by atoms with Gasteiger partial charge in [-0.2, -0.15) is 0 Å². The quantitative estimate of drug-likeness (QED) is 0.876. The molecule has 1 aliphatic rings. The van der Waals surface area contributed by atoms with Crippen molar-refractivity contribution < 1.29 is 12.8 Å². The Morgan fingerprint density at radius 1 is 1.04 bits per heavy atom. The molecule has 1 N–H and O–H groups in total. The predicted molar refractivity (Wildman–Crippen MR) is 94.7 cm³/mol. The van der Waals surface area contributed by atoms with Gasteiger partial charge in [0.1, 0.15) is 10.7 Å². The van der Waals surface area contributed by atoms with Gasteiger partial charge in [0.15, 0.2) is 0 Å². The summed E-state index contributed by atoms with van der Waals surface area (Å²) in [6.07, 6.45) is 3.22. The van der Waals surface area contributed by atoms with Crippen LogP contribution in [0.3, 0.4) is 0 Å². The molecular formula is C17H18ClFN2O2S. The van der Waals surface area contributed by atoms with Crippen molar-refractivity contribution in [2.24, 2.45) is 0 Å². The number of anilines is 2. The highest BCUT2D eigenvalue weighted by Gasteiger charge is 2.22. The molecule has 2 aromatic rings. The second kappa shape index (κ2) is 6.99. The molecule has 2 aromatic carbocycles. The largest absolute Gasteiger partial charge is 0.370 e. The Kier molecular flexibility index (Phi) is 4.96. The third-order valence-electron chi connectivity index (χ3n) is 4.03. The van der Waals surface area contributed by atoms with Crippen LogP contribution in [0.4, 0.5) is 15.8 Å². The van der Waals surface area contributed by atoms with Crippen molar-refractivity contribution in [1.29, 1.82) is 0 Å². The molecular weight excluding hydrogens is 351 g/mol. The molecule has 0 bridgehead atoms. The van der Waals surface area contributed by atoms with Crippen molar-refractivity contribution >= 4 is 33.0 Å². The van der Waals surface area contributed by atoms with Gasteiger partial charge in [-0.15, -0.1) is 0 Å². The highest BCUT2D eigenvalue weighted by Crippen LogP contribution is 2.32. The van der Waals surface area contributed by atoms with Gasteiger partial charge in [0.25, 0.3) is 10.0 Å². The van der Waals surface area contributed by atoms with E-state index in [1.807, 2.05) is 0 Å². The summed E-state index contributed by atoms with van der Waals surface area (Å²) in [4.78, 5) is 2.05. The van der Waals surface area contributed by atoms with Crippen molar-refractivity contribution in [3.63, 3.8) is 0 Å². The van der Waals surface area contributed by atoms with E-state index in [1.54, 1.807) is 18.2 Å². The van der Waals surface area contributed by atoms with Gasteiger partial charge in [-0.3, -0.25) is 4.72 Å². The summed E-state index contributed by atoms with van der Waals surface area (Å²) in [5, 5.41) is 0.126. The maximum atomic E-state index is 13.7. The Balaban J connectivity index is 1.97. The Morgan fingerprint density at radius 2 is 1.75 bits per heavy atom. The van der Waals surface area contributed by atoms with Gasteiger partial charge in [0.2, 0.25) is 0 Å². The second-order valence-corrected chi connectivity index (χ2v) is 7.80. The third kappa shape index (κ3) is 3.65. The van der Waals surface area contributed by atoms with Gasteiger partial charge in [-0.05, 0) is 43.5 Å². The number of halogens is 2. The van der Waals surface area contributed by atoms with Crippen LogP contribution in [0.5, 0.6) is 0 Å². The standard InChI is InChI=1S/C17H18ClFN2O2S/c18-14-6-2-3-7-17(14)24(22,23)20-15-12-13(19)8-9-16(15)21-10-4-1-5-11-21/h2-3,6-9,12,20H,1,4-5,10-11H2. The average Bonchev–Trinajstić information content (AvgIpc) is 2.55. The zero-order chi connectivity index (χ0) is 17.2. The van der Waals surface area contributed by atoms with Gasteiger partial charge in [-0.1, -0.05) is 23.7 Å². The van der Waals surface area contributed by atoms with E-state index in [0.717, 1.165) is 32.4 Å². The zero-order valence-electron chi connectivity index (χ0n) is 13.0. The lowest BCUT2D eigenvalue weighted by Gasteiger charge is -2.30. The Hall–Kier alpha value is -1.79. The molecule has 1 fully saturated rings. The maximum absolute atomic E-state index is 13.7. The first-order chi connectivity index (χ1) is 11.5. The van der Waals surface area contributed by atoms with E-state index < -0.39 is 15.8 Å². The molecule has 7 heteroatoms. The van der Waals surface area contributed by atoms with Gasteiger partial charge in [0, 0.05) is 19.2 Å². The van der Waals surface area contributed by atoms with Crippen LogP contribution in [-0.2, 0) is 10.0 Å². The fourth-order valence-corrected chi connectivity index (χ4v) is 4.45. The number of rotatable bonds is 4. The lowest BCUT2D eigenvalue weighted by Crippen LogP contribution is -2.30. The van der Waals surface area contributed by atoms with Crippen LogP contribution in [-0.4, -0.2) is 21.5 Å². The lowest BCUT2D eigenvalue weighted by molar-refractivity contribution is 0.577. The first-order valence-electron chi connectivity index (χ1n) is 7.79. The molecule has 0 aliphatic carbocycles. The number of hydrogen-bond acceptors (Lipinski definition) is 3. The predicted octanol–water partition coefficient (Wildman–Crippen LogP) is 4.27. The van der Waals surface area contributed by atoms with Crippen molar-refractivity contribution in [3.05, 3.63) is 53.3 Å². The van der Waals surface area contributed by atoms with Crippen LogP contribution in [0.1, 0.15) is 19.3 Å². The molecule has 1 aliphatic heterocycles. The van der Waals surface area contributed by atoms with Crippen molar-refractivity contribution in [3.8, 4) is 0 Å². The SMILES string of the molecule is O=S(=O)(Nc1cc(F)ccc1N1CCCCC1)c1ccccc1Cl. The van der Waals surface area contributed by atoms with Crippen LogP contribution in [0.2, 0.25) is 5.02 Å². The van der Waals surface area contributed by atoms with Gasteiger partial charge in [-0.25, -0.2) is 12.8 Å². The first kappa shape index (κ1) is 17.0. The van der Waals surface area contributed by atoms with Crippen LogP contribution >= 0.6 is 11.6 Å². The van der Waals surface area contributed by atoms with Crippen LogP contribution in [0, 0.1) is 5.82 Å². The molecule has 4 nitrogen and oxygen atoms in total. The average molecular weight is 369 g/mol. The Labute approximate surface area is 146 Å².